The molecule has 2 aromatic heterocycles. The quantitative estimate of drug-likeness (QED) is 0.487. The third kappa shape index (κ3) is 3.68. The number of esters is 1. The number of rotatable bonds is 6. The van der Waals surface area contributed by atoms with Gasteiger partial charge in [-0.1, -0.05) is 30.3 Å². The predicted molar refractivity (Wildman–Crippen MR) is 107 cm³/mol. The van der Waals surface area contributed by atoms with Crippen LogP contribution >= 0.6 is 11.3 Å². The topological polar surface area (TPSA) is 116 Å². The molecule has 0 aliphatic rings. The average molecular weight is 414 g/mol. The van der Waals surface area contributed by atoms with Gasteiger partial charge >= 0.3 is 11.9 Å². The Hall–Kier alpha value is -3.33. The molecule has 1 N–H and O–H groups in total. The number of aryl methyl sites for hydroxylation is 2. The molecule has 0 bridgehead atoms. The minimum atomic E-state index is -1.16. The summed E-state index contributed by atoms with van der Waals surface area (Å²) in [7, 11) is 1.20. The van der Waals surface area contributed by atoms with Gasteiger partial charge in [0.1, 0.15) is 21.6 Å². The van der Waals surface area contributed by atoms with E-state index in [1.165, 1.54) is 14.0 Å². The van der Waals surface area contributed by atoms with Crippen LogP contribution in [0.5, 0.6) is 0 Å². The van der Waals surface area contributed by atoms with Gasteiger partial charge in [0.05, 0.1) is 18.9 Å². The predicted octanol–water partition coefficient (Wildman–Crippen LogP) is 2.76. The van der Waals surface area contributed by atoms with Crippen LogP contribution in [0.15, 0.2) is 35.1 Å². The van der Waals surface area contributed by atoms with Gasteiger partial charge in [-0.25, -0.2) is 9.78 Å². The summed E-state index contributed by atoms with van der Waals surface area (Å²) in [5.41, 5.74) is 0.0562. The zero-order chi connectivity index (χ0) is 21.3. The van der Waals surface area contributed by atoms with Crippen molar-refractivity contribution in [2.75, 3.05) is 7.11 Å². The summed E-state index contributed by atoms with van der Waals surface area (Å²) in [6.45, 7) is 3.07. The number of carboxylic acid groups (broad SMARTS) is 1. The molecule has 1 unspecified atom stereocenters. The first-order valence-corrected chi connectivity index (χ1v) is 9.49. The zero-order valence-electron chi connectivity index (χ0n) is 16.0. The van der Waals surface area contributed by atoms with E-state index in [2.05, 4.69) is 4.98 Å². The molecule has 0 saturated carbocycles. The van der Waals surface area contributed by atoms with Crippen molar-refractivity contribution in [3.05, 3.63) is 62.5 Å². The van der Waals surface area contributed by atoms with Crippen molar-refractivity contribution < 1.29 is 24.2 Å². The lowest BCUT2D eigenvalue weighted by Gasteiger charge is -2.20. The van der Waals surface area contributed by atoms with Crippen molar-refractivity contribution in [3.8, 4) is 0 Å². The van der Waals surface area contributed by atoms with Gasteiger partial charge in [0, 0.05) is 5.56 Å². The molecule has 0 aliphatic carbocycles. The molecule has 29 heavy (non-hydrogen) atoms. The van der Waals surface area contributed by atoms with E-state index in [1.807, 2.05) is 0 Å². The van der Waals surface area contributed by atoms with Gasteiger partial charge in [0.25, 0.3) is 5.56 Å². The Bertz CT molecular complexity index is 1180. The second kappa shape index (κ2) is 7.96. The monoisotopic (exact) mass is 414 g/mol. The summed E-state index contributed by atoms with van der Waals surface area (Å²) in [5, 5.41) is 9.48. The minimum absolute atomic E-state index is 0.0145. The average Bonchev–Trinajstić information content (AvgIpc) is 3.03. The summed E-state index contributed by atoms with van der Waals surface area (Å²) in [4.78, 5) is 54.5. The fourth-order valence-electron chi connectivity index (χ4n) is 3.21. The molecule has 0 spiro atoms. The lowest BCUT2D eigenvalue weighted by Crippen LogP contribution is -2.34. The number of thiophene rings is 1. The van der Waals surface area contributed by atoms with Crippen LogP contribution in [0.2, 0.25) is 0 Å². The summed E-state index contributed by atoms with van der Waals surface area (Å²) in [6, 6.07) is 7.14. The number of carbonyl (C=O) groups excluding carboxylic acids is 2. The van der Waals surface area contributed by atoms with Gasteiger partial charge in [-0.15, -0.1) is 11.3 Å². The number of ketones is 1. The summed E-state index contributed by atoms with van der Waals surface area (Å²) in [6.07, 6.45) is -0.354. The van der Waals surface area contributed by atoms with Gasteiger partial charge in [-0.3, -0.25) is 19.0 Å². The van der Waals surface area contributed by atoms with Crippen LogP contribution < -0.4 is 5.56 Å². The maximum atomic E-state index is 13.3. The highest BCUT2D eigenvalue weighted by Gasteiger charge is 2.30. The molecule has 150 valence electrons. The van der Waals surface area contributed by atoms with Crippen LogP contribution in [0.3, 0.4) is 0 Å². The van der Waals surface area contributed by atoms with Crippen molar-refractivity contribution in [2.24, 2.45) is 0 Å². The Labute approximate surface area is 169 Å². The number of Topliss-reactive ketones (excluding diaryl/α,β-unsaturated/α-hetero) is 1. The number of hydrogen-bond donors (Lipinski definition) is 1. The van der Waals surface area contributed by atoms with Crippen LogP contribution in [0.25, 0.3) is 10.2 Å². The third-order valence-electron chi connectivity index (χ3n) is 4.63. The number of aromatic nitrogens is 2. The van der Waals surface area contributed by atoms with E-state index in [0.29, 0.717) is 5.56 Å². The zero-order valence-corrected chi connectivity index (χ0v) is 16.8. The lowest BCUT2D eigenvalue weighted by atomic mass is 10.0. The van der Waals surface area contributed by atoms with Crippen molar-refractivity contribution >= 4 is 39.3 Å². The number of nitrogens with zero attached hydrogens (tertiary/aromatic N) is 2. The third-order valence-corrected chi connectivity index (χ3v) is 5.80. The highest BCUT2D eigenvalue weighted by molar-refractivity contribution is 7.20. The number of ether oxygens (including phenoxy) is 1. The fourth-order valence-corrected chi connectivity index (χ4v) is 4.26. The van der Waals surface area contributed by atoms with Crippen molar-refractivity contribution in [2.45, 2.75) is 26.3 Å². The largest absolute Gasteiger partial charge is 0.477 e. The number of methoxy groups -OCH3 is 1. The molecular weight excluding hydrogens is 396 g/mol. The molecule has 8 nitrogen and oxygen atoms in total. The molecule has 1 aromatic carbocycles. The molecule has 1 atom stereocenters. The number of aromatic carboxylic acids is 1. The molecule has 0 aliphatic heterocycles. The Morgan fingerprint density at radius 1 is 1.21 bits per heavy atom. The molecule has 0 saturated heterocycles. The second-order valence-electron chi connectivity index (χ2n) is 6.40. The molecule has 3 rings (SSSR count). The SMILES string of the molecule is COC(=O)CC(C(=O)c1ccccc1)n1c(C)nc2sc(C(=O)O)c(C)c2c1=O. The number of fused-ring (bicyclic) bond motifs is 1. The van der Waals surface area contributed by atoms with Crippen LogP contribution in [0.1, 0.15) is 43.9 Å². The van der Waals surface area contributed by atoms with Crippen LogP contribution in [0.4, 0.5) is 0 Å². The highest BCUT2D eigenvalue weighted by atomic mass is 32.1. The number of carboxylic acids is 1. The summed E-state index contributed by atoms with van der Waals surface area (Å²) in [5.74, 6) is -2.04. The van der Waals surface area contributed by atoms with E-state index in [-0.39, 0.29) is 32.9 Å². The van der Waals surface area contributed by atoms with E-state index in [4.69, 9.17) is 4.74 Å². The number of benzene rings is 1. The number of carbonyl (C=O) groups is 3. The first-order valence-electron chi connectivity index (χ1n) is 8.67. The Kier molecular flexibility index (Phi) is 5.60. The summed E-state index contributed by atoms with van der Waals surface area (Å²) >= 11 is 0.903. The highest BCUT2D eigenvalue weighted by Crippen LogP contribution is 2.29. The van der Waals surface area contributed by atoms with Crippen molar-refractivity contribution in [1.82, 2.24) is 9.55 Å². The molecule has 9 heteroatoms. The van der Waals surface area contributed by atoms with Gasteiger partial charge in [0.15, 0.2) is 5.78 Å². The van der Waals surface area contributed by atoms with E-state index in [9.17, 15) is 24.3 Å². The molecule has 0 radical (unpaired) electrons. The van der Waals surface area contributed by atoms with E-state index < -0.39 is 29.3 Å². The van der Waals surface area contributed by atoms with Crippen LogP contribution in [-0.2, 0) is 9.53 Å². The maximum Gasteiger partial charge on any atom is 0.346 e. The second-order valence-corrected chi connectivity index (χ2v) is 7.40. The molecule has 0 fully saturated rings. The van der Waals surface area contributed by atoms with E-state index in [0.717, 1.165) is 15.9 Å². The fraction of sp³-hybridized carbons (Fsp3) is 0.250. The lowest BCUT2D eigenvalue weighted by molar-refractivity contribution is -0.141. The Balaban J connectivity index is 2.26. The molecule has 0 amide bonds. The Morgan fingerprint density at radius 2 is 1.86 bits per heavy atom. The molecule has 3 aromatic rings. The van der Waals surface area contributed by atoms with Gasteiger partial charge in [-0.2, -0.15) is 0 Å². The van der Waals surface area contributed by atoms with Crippen molar-refractivity contribution in [3.63, 3.8) is 0 Å². The molecular formula is C20H18N2O6S. The maximum absolute atomic E-state index is 13.3. The van der Waals surface area contributed by atoms with Crippen molar-refractivity contribution in [1.29, 1.82) is 0 Å². The van der Waals surface area contributed by atoms with Gasteiger partial charge in [-0.05, 0) is 19.4 Å². The summed E-state index contributed by atoms with van der Waals surface area (Å²) < 4.78 is 5.86. The molecule has 2 heterocycles. The standard InChI is InChI=1S/C20H18N2O6S/c1-10-15-18(29-17(10)20(26)27)21-11(2)22(19(15)25)13(9-14(23)28-3)16(24)12-7-5-4-6-8-12/h4-8,13H,9H2,1-3H3,(H,26,27). The minimum Gasteiger partial charge on any atom is -0.477 e. The van der Waals surface area contributed by atoms with Gasteiger partial charge in [0.2, 0.25) is 0 Å². The first-order chi connectivity index (χ1) is 13.8. The smallest absolute Gasteiger partial charge is 0.346 e. The van der Waals surface area contributed by atoms with E-state index in [1.54, 1.807) is 37.3 Å². The van der Waals surface area contributed by atoms with E-state index >= 15 is 0 Å². The van der Waals surface area contributed by atoms with Crippen LogP contribution in [-0.4, -0.2) is 39.5 Å². The van der Waals surface area contributed by atoms with Crippen LogP contribution in [0, 0.1) is 13.8 Å². The normalized spacial score (nSPS) is 12.0. The Morgan fingerprint density at radius 3 is 2.45 bits per heavy atom. The van der Waals surface area contributed by atoms with Gasteiger partial charge < -0.3 is 9.84 Å². The first kappa shape index (κ1) is 20.4. The number of hydrogen-bond acceptors (Lipinski definition) is 7.